The van der Waals surface area contributed by atoms with E-state index in [9.17, 15) is 0 Å². The van der Waals surface area contributed by atoms with Gasteiger partial charge in [0, 0.05) is 34.5 Å². The summed E-state index contributed by atoms with van der Waals surface area (Å²) >= 11 is 0. The summed E-state index contributed by atoms with van der Waals surface area (Å²) in [5.74, 6) is 0. The lowest BCUT2D eigenvalue weighted by Gasteiger charge is -2.19. The number of rotatable bonds is 5. The fourth-order valence-corrected chi connectivity index (χ4v) is 6.10. The van der Waals surface area contributed by atoms with E-state index in [0.717, 1.165) is 50.0 Å². The SMILES string of the molecule is Cc1ccc(-c2ccccc2)cc1-c1ccc(-c2cccc(-c3cc(C(C)(C)C)ccn3)c2)c2cc(-c3ccccc3)cnc12. The van der Waals surface area contributed by atoms with Gasteiger partial charge in [-0.15, -0.1) is 0 Å². The Morgan fingerprint density at radius 1 is 0.467 bits per heavy atom. The Morgan fingerprint density at radius 2 is 1.13 bits per heavy atom. The largest absolute Gasteiger partial charge is 0.256 e. The summed E-state index contributed by atoms with van der Waals surface area (Å²) in [5.41, 5.74) is 15.0. The molecule has 45 heavy (non-hydrogen) atoms. The van der Waals surface area contributed by atoms with Crippen LogP contribution in [0.3, 0.4) is 0 Å². The zero-order chi connectivity index (χ0) is 31.0. The van der Waals surface area contributed by atoms with Crippen LogP contribution < -0.4 is 0 Å². The third kappa shape index (κ3) is 5.68. The van der Waals surface area contributed by atoms with Gasteiger partial charge in [0.05, 0.1) is 11.2 Å². The monoisotopic (exact) mass is 580 g/mol. The summed E-state index contributed by atoms with van der Waals surface area (Å²) in [6, 6.07) is 47.7. The van der Waals surface area contributed by atoms with Gasteiger partial charge in [-0.3, -0.25) is 9.97 Å². The van der Waals surface area contributed by atoms with Crippen LogP contribution in [0.15, 0.2) is 146 Å². The molecule has 2 heteroatoms. The van der Waals surface area contributed by atoms with Crippen LogP contribution in [0.2, 0.25) is 0 Å². The van der Waals surface area contributed by atoms with E-state index in [-0.39, 0.29) is 5.41 Å². The van der Waals surface area contributed by atoms with Crippen LogP contribution >= 0.6 is 0 Å². The molecule has 0 atom stereocenters. The van der Waals surface area contributed by atoms with Crippen molar-refractivity contribution in [2.24, 2.45) is 0 Å². The third-order valence-electron chi connectivity index (χ3n) is 8.69. The number of nitrogens with zero attached hydrogens (tertiary/aromatic N) is 2. The molecule has 0 bridgehead atoms. The minimum atomic E-state index is 0.0524. The van der Waals surface area contributed by atoms with Crippen LogP contribution in [0.5, 0.6) is 0 Å². The average molecular weight is 581 g/mol. The molecule has 0 radical (unpaired) electrons. The number of aryl methyl sites for hydroxylation is 1. The van der Waals surface area contributed by atoms with Gasteiger partial charge in [0.1, 0.15) is 0 Å². The predicted molar refractivity (Wildman–Crippen MR) is 190 cm³/mol. The molecule has 5 aromatic carbocycles. The first kappa shape index (κ1) is 28.4. The molecule has 0 aliphatic carbocycles. The molecule has 0 saturated carbocycles. The Kier molecular flexibility index (Phi) is 7.35. The highest BCUT2D eigenvalue weighted by atomic mass is 14.7. The van der Waals surface area contributed by atoms with Crippen LogP contribution in [0, 0.1) is 6.92 Å². The van der Waals surface area contributed by atoms with E-state index in [1.54, 1.807) is 0 Å². The van der Waals surface area contributed by atoms with E-state index in [1.165, 1.54) is 27.8 Å². The summed E-state index contributed by atoms with van der Waals surface area (Å²) < 4.78 is 0. The predicted octanol–water partition coefficient (Wildman–Crippen LogP) is 11.6. The standard InChI is InChI=1S/C43H36N2/c1-29-18-19-32(30-12-7-5-8-13-30)25-39(29)38-21-20-37(40-26-35(28-45-42(38)40)31-14-9-6-10-15-31)33-16-11-17-34(24-33)41-27-36(22-23-44-41)43(2,3)4/h5-28H,1-4H3. The molecule has 0 unspecified atom stereocenters. The molecule has 2 heterocycles. The lowest BCUT2D eigenvalue weighted by atomic mass is 9.86. The summed E-state index contributed by atoms with van der Waals surface area (Å²) in [7, 11) is 0. The molecule has 0 fully saturated rings. The van der Waals surface area contributed by atoms with Crippen molar-refractivity contribution in [3.05, 3.63) is 157 Å². The molecule has 0 amide bonds. The maximum Gasteiger partial charge on any atom is 0.0787 e. The molecule has 0 N–H and O–H groups in total. The zero-order valence-electron chi connectivity index (χ0n) is 26.3. The van der Waals surface area contributed by atoms with Gasteiger partial charge in [0.25, 0.3) is 0 Å². The lowest BCUT2D eigenvalue weighted by Crippen LogP contribution is -2.11. The van der Waals surface area contributed by atoms with Gasteiger partial charge < -0.3 is 0 Å². The van der Waals surface area contributed by atoms with Crippen LogP contribution in [-0.2, 0) is 5.41 Å². The molecule has 218 valence electrons. The van der Waals surface area contributed by atoms with Crippen molar-refractivity contribution in [1.82, 2.24) is 9.97 Å². The van der Waals surface area contributed by atoms with E-state index in [2.05, 4.69) is 161 Å². The van der Waals surface area contributed by atoms with Crippen LogP contribution in [0.4, 0.5) is 0 Å². The second-order valence-electron chi connectivity index (χ2n) is 12.8. The summed E-state index contributed by atoms with van der Waals surface area (Å²) in [6.07, 6.45) is 3.94. The van der Waals surface area contributed by atoms with Gasteiger partial charge in [0.15, 0.2) is 0 Å². The average Bonchev–Trinajstić information content (AvgIpc) is 3.08. The Morgan fingerprint density at radius 3 is 1.87 bits per heavy atom. The Bertz CT molecular complexity index is 2140. The molecule has 0 spiro atoms. The minimum Gasteiger partial charge on any atom is -0.256 e. The van der Waals surface area contributed by atoms with E-state index in [1.807, 2.05) is 12.4 Å². The van der Waals surface area contributed by atoms with E-state index < -0.39 is 0 Å². The maximum atomic E-state index is 5.17. The first-order valence-corrected chi connectivity index (χ1v) is 15.6. The number of hydrogen-bond acceptors (Lipinski definition) is 2. The Hall–Kier alpha value is -5.34. The smallest absolute Gasteiger partial charge is 0.0787 e. The second kappa shape index (κ2) is 11.6. The van der Waals surface area contributed by atoms with Crippen molar-refractivity contribution in [1.29, 1.82) is 0 Å². The molecule has 0 saturated heterocycles. The summed E-state index contributed by atoms with van der Waals surface area (Å²) in [4.78, 5) is 9.93. The molecule has 2 nitrogen and oxygen atoms in total. The number of pyridine rings is 2. The molecule has 0 aliphatic heterocycles. The zero-order valence-corrected chi connectivity index (χ0v) is 26.3. The number of aromatic nitrogens is 2. The summed E-state index contributed by atoms with van der Waals surface area (Å²) in [5, 5.41) is 1.13. The van der Waals surface area contributed by atoms with Crippen molar-refractivity contribution >= 4 is 10.9 Å². The molecule has 7 rings (SSSR count). The molecule has 0 aliphatic rings. The number of benzene rings is 5. The fourth-order valence-electron chi connectivity index (χ4n) is 6.10. The topological polar surface area (TPSA) is 25.8 Å². The van der Waals surface area contributed by atoms with Crippen molar-refractivity contribution in [3.8, 4) is 55.8 Å². The highest BCUT2D eigenvalue weighted by Crippen LogP contribution is 2.40. The van der Waals surface area contributed by atoms with Gasteiger partial charge in [-0.1, -0.05) is 124 Å². The normalized spacial score (nSPS) is 11.6. The third-order valence-corrected chi connectivity index (χ3v) is 8.69. The summed E-state index contributed by atoms with van der Waals surface area (Å²) in [6.45, 7) is 8.91. The highest BCUT2D eigenvalue weighted by Gasteiger charge is 2.17. The van der Waals surface area contributed by atoms with Crippen LogP contribution in [0.25, 0.3) is 66.7 Å². The highest BCUT2D eigenvalue weighted by molar-refractivity contribution is 6.05. The fraction of sp³-hybridized carbons (Fsp3) is 0.116. The molecule has 7 aromatic rings. The molecular formula is C43H36N2. The van der Waals surface area contributed by atoms with Crippen molar-refractivity contribution in [2.75, 3.05) is 0 Å². The van der Waals surface area contributed by atoms with Crippen LogP contribution in [0.1, 0.15) is 31.9 Å². The van der Waals surface area contributed by atoms with Gasteiger partial charge in [-0.25, -0.2) is 0 Å². The van der Waals surface area contributed by atoms with Crippen molar-refractivity contribution in [2.45, 2.75) is 33.1 Å². The number of fused-ring (bicyclic) bond motifs is 1. The van der Waals surface area contributed by atoms with Crippen molar-refractivity contribution in [3.63, 3.8) is 0 Å². The van der Waals surface area contributed by atoms with Gasteiger partial charge >= 0.3 is 0 Å². The quantitative estimate of drug-likeness (QED) is 0.202. The second-order valence-corrected chi connectivity index (χ2v) is 12.8. The Balaban J connectivity index is 1.42. The van der Waals surface area contributed by atoms with E-state index >= 15 is 0 Å². The van der Waals surface area contributed by atoms with Crippen molar-refractivity contribution < 1.29 is 0 Å². The first-order valence-electron chi connectivity index (χ1n) is 15.6. The minimum absolute atomic E-state index is 0.0524. The van der Waals surface area contributed by atoms with E-state index in [4.69, 9.17) is 9.97 Å². The lowest BCUT2D eigenvalue weighted by molar-refractivity contribution is 0.589. The van der Waals surface area contributed by atoms with Gasteiger partial charge in [0.2, 0.25) is 0 Å². The maximum absolute atomic E-state index is 5.17. The van der Waals surface area contributed by atoms with Gasteiger partial charge in [-0.05, 0) is 87.2 Å². The van der Waals surface area contributed by atoms with E-state index in [0.29, 0.717) is 0 Å². The number of hydrogen-bond donors (Lipinski definition) is 0. The van der Waals surface area contributed by atoms with Gasteiger partial charge in [-0.2, -0.15) is 0 Å². The Labute approximate surface area is 266 Å². The molecular weight excluding hydrogens is 544 g/mol. The molecule has 2 aromatic heterocycles. The van der Waals surface area contributed by atoms with Crippen LogP contribution in [-0.4, -0.2) is 9.97 Å². The first-order chi connectivity index (χ1) is 21.8.